The minimum Gasteiger partial charge on any atom is -0.466 e. The van der Waals surface area contributed by atoms with Crippen molar-refractivity contribution in [3.8, 4) is 5.75 Å². The molecule has 0 saturated heterocycles. The van der Waals surface area contributed by atoms with E-state index in [-0.39, 0.29) is 40.8 Å². The van der Waals surface area contributed by atoms with Gasteiger partial charge >= 0.3 is 18.1 Å². The highest BCUT2D eigenvalue weighted by Gasteiger charge is 2.29. The van der Waals surface area contributed by atoms with E-state index in [4.69, 9.17) is 9.47 Å². The second kappa shape index (κ2) is 10.2. The van der Waals surface area contributed by atoms with Gasteiger partial charge in [0.1, 0.15) is 5.75 Å². The molecule has 30 heavy (non-hydrogen) atoms. The minimum atomic E-state index is -4.35. The average molecular weight is 444 g/mol. The van der Waals surface area contributed by atoms with Crippen molar-refractivity contribution in [3.63, 3.8) is 0 Å². The third-order valence-corrected chi connectivity index (χ3v) is 4.56. The van der Waals surface area contributed by atoms with Crippen LogP contribution in [0.25, 0.3) is 0 Å². The molecule has 0 atom stereocenters. The van der Waals surface area contributed by atoms with E-state index in [0.29, 0.717) is 5.56 Å². The number of esters is 2. The van der Waals surface area contributed by atoms with Gasteiger partial charge in [0.05, 0.1) is 25.9 Å². The summed E-state index contributed by atoms with van der Waals surface area (Å²) in [4.78, 5) is 39.2. The van der Waals surface area contributed by atoms with Crippen LogP contribution in [0.3, 0.4) is 0 Å². The number of anilines is 1. The maximum atomic E-state index is 12.4. The third kappa shape index (κ3) is 7.47. The number of carbonyl (C=O) groups excluding carboxylic acids is 3. The van der Waals surface area contributed by atoms with E-state index in [2.05, 4.69) is 10.3 Å². The summed E-state index contributed by atoms with van der Waals surface area (Å²) in [5, 5.41) is 2.49. The molecular formula is C19H19F3N2O5S. The van der Waals surface area contributed by atoms with Crippen LogP contribution in [-0.4, -0.2) is 35.6 Å². The van der Waals surface area contributed by atoms with E-state index < -0.39 is 30.4 Å². The summed E-state index contributed by atoms with van der Waals surface area (Å²) in [5.41, 5.74) is 0.704. The smallest absolute Gasteiger partial charge is 0.393 e. The molecule has 162 valence electrons. The Morgan fingerprint density at radius 2 is 1.87 bits per heavy atom. The van der Waals surface area contributed by atoms with Crippen LogP contribution in [0, 0.1) is 6.92 Å². The summed E-state index contributed by atoms with van der Waals surface area (Å²) in [6, 6.07) is 4.29. The SMILES string of the molecule is CCOC(=O)CCC(=O)Oc1ccc(C(=O)Nc2ncc(CC(F)(F)F)s2)cc1C. The Morgan fingerprint density at radius 1 is 1.17 bits per heavy atom. The van der Waals surface area contributed by atoms with E-state index in [1.165, 1.54) is 18.2 Å². The van der Waals surface area contributed by atoms with E-state index in [1.54, 1.807) is 13.8 Å². The number of ether oxygens (including phenoxy) is 2. The van der Waals surface area contributed by atoms with Crippen molar-refractivity contribution in [1.29, 1.82) is 0 Å². The number of nitrogens with one attached hydrogen (secondary N) is 1. The van der Waals surface area contributed by atoms with E-state index in [9.17, 15) is 27.6 Å². The van der Waals surface area contributed by atoms with E-state index >= 15 is 0 Å². The topological polar surface area (TPSA) is 94.6 Å². The van der Waals surface area contributed by atoms with Crippen molar-refractivity contribution < 1.29 is 37.0 Å². The average Bonchev–Trinajstić information content (AvgIpc) is 3.06. The van der Waals surface area contributed by atoms with E-state index in [1.807, 2.05) is 0 Å². The molecule has 1 heterocycles. The molecule has 7 nitrogen and oxygen atoms in total. The molecule has 0 unspecified atom stereocenters. The molecule has 1 aromatic carbocycles. The highest BCUT2D eigenvalue weighted by atomic mass is 32.1. The normalized spacial score (nSPS) is 11.1. The van der Waals surface area contributed by atoms with Gasteiger partial charge in [-0.2, -0.15) is 13.2 Å². The molecule has 0 saturated carbocycles. The first kappa shape index (κ1) is 23.3. The first-order valence-corrected chi connectivity index (χ1v) is 9.68. The van der Waals surface area contributed by atoms with Crippen molar-refractivity contribution in [2.24, 2.45) is 0 Å². The van der Waals surface area contributed by atoms with Crippen LogP contribution in [0.2, 0.25) is 0 Å². The first-order valence-electron chi connectivity index (χ1n) is 8.87. The van der Waals surface area contributed by atoms with Gasteiger partial charge in [-0.1, -0.05) is 0 Å². The number of thiazole rings is 1. The Labute approximate surface area is 174 Å². The Balaban J connectivity index is 1.95. The lowest BCUT2D eigenvalue weighted by molar-refractivity contribution is -0.146. The molecule has 1 N–H and O–H groups in total. The van der Waals surface area contributed by atoms with Crippen LogP contribution in [-0.2, 0) is 20.7 Å². The zero-order valence-electron chi connectivity index (χ0n) is 16.2. The predicted octanol–water partition coefficient (Wildman–Crippen LogP) is 4.06. The lowest BCUT2D eigenvalue weighted by atomic mass is 10.1. The Morgan fingerprint density at radius 3 is 2.50 bits per heavy atom. The van der Waals surface area contributed by atoms with Gasteiger partial charge in [-0.15, -0.1) is 11.3 Å². The number of amides is 1. The summed E-state index contributed by atoms with van der Waals surface area (Å²) < 4.78 is 47.1. The zero-order chi connectivity index (χ0) is 22.3. The molecule has 0 fully saturated rings. The second-order valence-electron chi connectivity index (χ2n) is 6.14. The van der Waals surface area contributed by atoms with E-state index in [0.717, 1.165) is 17.5 Å². The molecule has 11 heteroatoms. The fourth-order valence-electron chi connectivity index (χ4n) is 2.33. The number of alkyl halides is 3. The number of hydrogen-bond acceptors (Lipinski definition) is 7. The number of nitrogens with zero attached hydrogens (tertiary/aromatic N) is 1. The summed E-state index contributed by atoms with van der Waals surface area (Å²) in [5.74, 6) is -1.46. The van der Waals surface area contributed by atoms with Gasteiger partial charge in [0.25, 0.3) is 5.91 Å². The molecule has 1 aromatic heterocycles. The Kier molecular flexibility index (Phi) is 7.93. The summed E-state index contributed by atoms with van der Waals surface area (Å²) >= 11 is 0.740. The van der Waals surface area contributed by atoms with Gasteiger partial charge in [0.2, 0.25) is 0 Å². The largest absolute Gasteiger partial charge is 0.466 e. The van der Waals surface area contributed by atoms with Crippen LogP contribution in [0.4, 0.5) is 18.3 Å². The van der Waals surface area contributed by atoms with Gasteiger partial charge < -0.3 is 9.47 Å². The summed E-state index contributed by atoms with van der Waals surface area (Å²) in [6.45, 7) is 3.50. The van der Waals surface area contributed by atoms with Gasteiger partial charge in [-0.3, -0.25) is 19.7 Å². The van der Waals surface area contributed by atoms with Crippen LogP contribution >= 0.6 is 11.3 Å². The number of benzene rings is 1. The van der Waals surface area contributed by atoms with Crippen molar-refractivity contribution in [2.75, 3.05) is 11.9 Å². The molecule has 0 spiro atoms. The number of rotatable bonds is 8. The lowest BCUT2D eigenvalue weighted by Gasteiger charge is -2.09. The van der Waals surface area contributed by atoms with Crippen molar-refractivity contribution in [2.45, 2.75) is 39.3 Å². The number of aromatic nitrogens is 1. The van der Waals surface area contributed by atoms with Gasteiger partial charge in [0, 0.05) is 16.6 Å². The van der Waals surface area contributed by atoms with Crippen LogP contribution in [0.15, 0.2) is 24.4 Å². The van der Waals surface area contributed by atoms with Crippen LogP contribution in [0.5, 0.6) is 5.75 Å². The van der Waals surface area contributed by atoms with Crippen molar-refractivity contribution in [3.05, 3.63) is 40.4 Å². The minimum absolute atomic E-state index is 0.0148. The molecule has 0 aliphatic carbocycles. The first-order chi connectivity index (χ1) is 14.1. The maximum Gasteiger partial charge on any atom is 0.393 e. The summed E-state index contributed by atoms with van der Waals surface area (Å²) in [6.07, 6.45) is -4.65. The molecule has 2 rings (SSSR count). The molecule has 0 radical (unpaired) electrons. The molecule has 0 aliphatic rings. The predicted molar refractivity (Wildman–Crippen MR) is 103 cm³/mol. The van der Waals surface area contributed by atoms with Crippen molar-refractivity contribution >= 4 is 34.3 Å². The molecule has 0 bridgehead atoms. The van der Waals surface area contributed by atoms with Gasteiger partial charge in [-0.05, 0) is 37.6 Å². The van der Waals surface area contributed by atoms with Gasteiger partial charge in [0.15, 0.2) is 5.13 Å². The quantitative estimate of drug-likeness (QED) is 0.488. The standard InChI is InChI=1S/C19H19F3N2O5S/c1-3-28-15(25)6-7-16(26)29-14-5-4-12(8-11(14)2)17(27)24-18-23-10-13(30-18)9-19(20,21)22/h4-5,8,10H,3,6-7,9H2,1-2H3,(H,23,24,27). The second-order valence-corrected chi connectivity index (χ2v) is 7.25. The number of carbonyl (C=O) groups is 3. The van der Waals surface area contributed by atoms with Crippen molar-refractivity contribution in [1.82, 2.24) is 4.98 Å². The van der Waals surface area contributed by atoms with Crippen LogP contribution in [0.1, 0.15) is 40.6 Å². The monoisotopic (exact) mass is 444 g/mol. The third-order valence-electron chi connectivity index (χ3n) is 3.65. The number of halogens is 3. The fraction of sp³-hybridized carbons (Fsp3) is 0.368. The fourth-order valence-corrected chi connectivity index (χ4v) is 3.17. The van der Waals surface area contributed by atoms with Crippen LogP contribution < -0.4 is 10.1 Å². The Hall–Kier alpha value is -2.95. The molecular weight excluding hydrogens is 425 g/mol. The zero-order valence-corrected chi connectivity index (χ0v) is 17.0. The molecule has 1 amide bonds. The lowest BCUT2D eigenvalue weighted by Crippen LogP contribution is -2.14. The van der Waals surface area contributed by atoms with Gasteiger partial charge in [-0.25, -0.2) is 4.98 Å². The number of aryl methyl sites for hydroxylation is 1. The highest BCUT2D eigenvalue weighted by Crippen LogP contribution is 2.27. The maximum absolute atomic E-state index is 12.4. The summed E-state index contributed by atoms with van der Waals surface area (Å²) in [7, 11) is 0. The molecule has 0 aliphatic heterocycles. The Bertz CT molecular complexity index is 927. The number of hydrogen-bond donors (Lipinski definition) is 1. The molecule has 2 aromatic rings. The highest BCUT2D eigenvalue weighted by molar-refractivity contribution is 7.15.